The van der Waals surface area contributed by atoms with Crippen LogP contribution in [0.15, 0.2) is 0 Å². The van der Waals surface area contributed by atoms with Crippen LogP contribution in [0.25, 0.3) is 0 Å². The third-order valence-corrected chi connectivity index (χ3v) is 5.23. The number of hydrogen-bond acceptors (Lipinski definition) is 3. The zero-order valence-corrected chi connectivity index (χ0v) is 11.5. The summed E-state index contributed by atoms with van der Waals surface area (Å²) in [6, 6.07) is -1.73. The number of hydrogen-bond donors (Lipinski definition) is 1. The predicted octanol–water partition coefficient (Wildman–Crippen LogP) is 2.98. The minimum atomic E-state index is -4.32. The fourth-order valence-electron chi connectivity index (χ4n) is 3.80. The monoisotopic (exact) mass is 293 g/mol. The van der Waals surface area contributed by atoms with Crippen LogP contribution in [0.3, 0.4) is 0 Å². The van der Waals surface area contributed by atoms with Crippen molar-refractivity contribution in [2.75, 3.05) is 13.2 Å². The van der Waals surface area contributed by atoms with Crippen LogP contribution in [0.1, 0.15) is 44.9 Å². The third-order valence-electron chi connectivity index (χ3n) is 5.23. The highest BCUT2D eigenvalue weighted by atomic mass is 19.4. The number of nitrogens with two attached hydrogens (primary N) is 1. The molecule has 2 aliphatic carbocycles. The van der Waals surface area contributed by atoms with E-state index < -0.39 is 23.4 Å². The smallest absolute Gasteiger partial charge is 0.348 e. The van der Waals surface area contributed by atoms with Crippen LogP contribution in [0.4, 0.5) is 13.2 Å². The molecular weight excluding hydrogens is 271 g/mol. The standard InChI is InChI=1S/C14H22F3NO2/c15-14(16,17)11(18)12(9-10-1-2-10)3-5-13(6-4-12)19-7-8-20-13/h10-11H,1-9,18H2. The van der Waals surface area contributed by atoms with Crippen molar-refractivity contribution < 1.29 is 22.6 Å². The molecule has 0 radical (unpaired) electrons. The van der Waals surface area contributed by atoms with E-state index in [0.29, 0.717) is 51.2 Å². The summed E-state index contributed by atoms with van der Waals surface area (Å²) >= 11 is 0. The minimum Gasteiger partial charge on any atom is -0.348 e. The average Bonchev–Trinajstić information content (AvgIpc) is 3.09. The largest absolute Gasteiger partial charge is 0.404 e. The van der Waals surface area contributed by atoms with Crippen LogP contribution in [0, 0.1) is 11.3 Å². The Balaban J connectivity index is 1.74. The minimum absolute atomic E-state index is 0.433. The van der Waals surface area contributed by atoms with Crippen molar-refractivity contribution in [3.63, 3.8) is 0 Å². The summed E-state index contributed by atoms with van der Waals surface area (Å²) in [4.78, 5) is 0. The van der Waals surface area contributed by atoms with Gasteiger partial charge in [-0.3, -0.25) is 0 Å². The molecular formula is C14H22F3NO2. The molecule has 0 bridgehead atoms. The van der Waals surface area contributed by atoms with Gasteiger partial charge in [0.2, 0.25) is 0 Å². The summed E-state index contributed by atoms with van der Waals surface area (Å²) in [6.45, 7) is 1.09. The topological polar surface area (TPSA) is 44.5 Å². The van der Waals surface area contributed by atoms with Crippen molar-refractivity contribution in [3.05, 3.63) is 0 Å². The molecule has 3 fully saturated rings. The van der Waals surface area contributed by atoms with E-state index in [1.54, 1.807) is 0 Å². The van der Waals surface area contributed by atoms with Gasteiger partial charge in [-0.05, 0) is 30.6 Å². The van der Waals surface area contributed by atoms with E-state index >= 15 is 0 Å². The van der Waals surface area contributed by atoms with Gasteiger partial charge in [0.25, 0.3) is 0 Å². The highest BCUT2D eigenvalue weighted by Crippen LogP contribution is 2.54. The highest BCUT2D eigenvalue weighted by Gasteiger charge is 2.56. The predicted molar refractivity (Wildman–Crippen MR) is 66.9 cm³/mol. The molecule has 3 rings (SSSR count). The Morgan fingerprint density at radius 2 is 1.60 bits per heavy atom. The summed E-state index contributed by atoms with van der Waals surface area (Å²) in [5, 5.41) is 0. The van der Waals surface area contributed by atoms with Crippen LogP contribution < -0.4 is 5.73 Å². The first kappa shape index (κ1) is 14.6. The van der Waals surface area contributed by atoms with Crippen LogP contribution in [-0.2, 0) is 9.47 Å². The molecule has 6 heteroatoms. The van der Waals surface area contributed by atoms with Gasteiger partial charge < -0.3 is 15.2 Å². The Bertz CT molecular complexity index is 352. The third kappa shape index (κ3) is 2.70. The molecule has 116 valence electrons. The van der Waals surface area contributed by atoms with Gasteiger partial charge in [0.1, 0.15) is 6.04 Å². The van der Waals surface area contributed by atoms with E-state index in [4.69, 9.17) is 15.2 Å². The average molecular weight is 293 g/mol. The molecule has 1 atom stereocenters. The maximum absolute atomic E-state index is 13.1. The SMILES string of the molecule is NC(C(F)(F)F)C1(CC2CC2)CCC2(CC1)OCCO2. The van der Waals surface area contributed by atoms with Gasteiger partial charge in [-0.15, -0.1) is 0 Å². The zero-order chi connectivity index (χ0) is 14.4. The molecule has 3 aliphatic rings. The van der Waals surface area contributed by atoms with E-state index in [9.17, 15) is 13.2 Å². The fourth-order valence-corrected chi connectivity index (χ4v) is 3.80. The second-order valence-corrected chi connectivity index (χ2v) is 6.64. The van der Waals surface area contributed by atoms with Crippen molar-refractivity contribution in [2.45, 2.75) is 63.0 Å². The van der Waals surface area contributed by atoms with Crippen molar-refractivity contribution in [1.82, 2.24) is 0 Å². The van der Waals surface area contributed by atoms with E-state index in [-0.39, 0.29) is 0 Å². The molecule has 1 aliphatic heterocycles. The van der Waals surface area contributed by atoms with E-state index in [0.717, 1.165) is 12.8 Å². The van der Waals surface area contributed by atoms with Gasteiger partial charge in [-0.2, -0.15) is 13.2 Å². The van der Waals surface area contributed by atoms with Gasteiger partial charge in [0.15, 0.2) is 5.79 Å². The second kappa shape index (κ2) is 4.85. The van der Waals surface area contributed by atoms with E-state index in [2.05, 4.69) is 0 Å². The number of alkyl halides is 3. The lowest BCUT2D eigenvalue weighted by molar-refractivity contribution is -0.220. The molecule has 1 saturated heterocycles. The molecule has 2 saturated carbocycles. The first-order chi connectivity index (χ1) is 9.35. The molecule has 1 unspecified atom stereocenters. The Morgan fingerprint density at radius 1 is 1.05 bits per heavy atom. The van der Waals surface area contributed by atoms with Crippen LogP contribution in [0.2, 0.25) is 0 Å². The number of ether oxygens (including phenoxy) is 2. The second-order valence-electron chi connectivity index (χ2n) is 6.64. The van der Waals surface area contributed by atoms with Gasteiger partial charge in [0.05, 0.1) is 13.2 Å². The van der Waals surface area contributed by atoms with Crippen LogP contribution >= 0.6 is 0 Å². The Kier molecular flexibility index (Phi) is 3.54. The summed E-state index contributed by atoms with van der Waals surface area (Å²) in [6.07, 6.45) is 0.330. The Labute approximate surface area is 117 Å². The maximum atomic E-state index is 13.1. The molecule has 3 nitrogen and oxygen atoms in total. The van der Waals surface area contributed by atoms with Gasteiger partial charge in [-0.1, -0.05) is 12.8 Å². The Morgan fingerprint density at radius 3 is 2.05 bits per heavy atom. The maximum Gasteiger partial charge on any atom is 0.404 e. The molecule has 0 amide bonds. The van der Waals surface area contributed by atoms with Crippen molar-refractivity contribution in [3.8, 4) is 0 Å². The summed E-state index contributed by atoms with van der Waals surface area (Å²) in [7, 11) is 0. The molecule has 0 aromatic carbocycles. The fraction of sp³-hybridized carbons (Fsp3) is 1.00. The summed E-state index contributed by atoms with van der Waals surface area (Å²) in [5.41, 5.74) is 4.80. The van der Waals surface area contributed by atoms with Crippen LogP contribution in [-0.4, -0.2) is 31.2 Å². The molecule has 2 N–H and O–H groups in total. The van der Waals surface area contributed by atoms with Crippen molar-refractivity contribution in [1.29, 1.82) is 0 Å². The molecule has 0 aromatic rings. The molecule has 1 spiro atoms. The lowest BCUT2D eigenvalue weighted by atomic mass is 9.64. The van der Waals surface area contributed by atoms with Gasteiger partial charge >= 0.3 is 6.18 Å². The molecule has 20 heavy (non-hydrogen) atoms. The Hall–Kier alpha value is -0.330. The van der Waals surface area contributed by atoms with Crippen molar-refractivity contribution >= 4 is 0 Å². The molecule has 0 aromatic heterocycles. The lowest BCUT2D eigenvalue weighted by Crippen LogP contribution is -2.55. The summed E-state index contributed by atoms with van der Waals surface area (Å²) < 4.78 is 50.6. The lowest BCUT2D eigenvalue weighted by Gasteiger charge is -2.47. The first-order valence-electron chi connectivity index (χ1n) is 7.46. The van der Waals surface area contributed by atoms with E-state index in [1.165, 1.54) is 0 Å². The van der Waals surface area contributed by atoms with Gasteiger partial charge in [0, 0.05) is 12.8 Å². The normalized spacial score (nSPS) is 30.6. The van der Waals surface area contributed by atoms with Crippen LogP contribution in [0.5, 0.6) is 0 Å². The van der Waals surface area contributed by atoms with Crippen molar-refractivity contribution in [2.24, 2.45) is 17.1 Å². The zero-order valence-electron chi connectivity index (χ0n) is 11.5. The number of rotatable bonds is 3. The quantitative estimate of drug-likeness (QED) is 0.870. The molecule has 1 heterocycles. The number of halogens is 3. The van der Waals surface area contributed by atoms with Gasteiger partial charge in [-0.25, -0.2) is 0 Å². The first-order valence-corrected chi connectivity index (χ1v) is 7.46. The summed E-state index contributed by atoms with van der Waals surface area (Å²) in [5.74, 6) is -0.193. The van der Waals surface area contributed by atoms with E-state index in [1.807, 2.05) is 0 Å². The highest BCUT2D eigenvalue weighted by molar-refractivity contribution is 5.01.